The normalized spacial score (nSPS) is 24.9. The summed E-state index contributed by atoms with van der Waals surface area (Å²) in [7, 11) is 0. The highest BCUT2D eigenvalue weighted by molar-refractivity contribution is 5.94. The van der Waals surface area contributed by atoms with Crippen molar-refractivity contribution in [3.63, 3.8) is 0 Å². The predicted molar refractivity (Wildman–Crippen MR) is 267 cm³/mol. The largest absolute Gasteiger partial charge is 0.208 e. The Hall–Kier alpha value is -7.23. The van der Waals surface area contributed by atoms with Crippen molar-refractivity contribution in [1.29, 1.82) is 0 Å². The first-order valence-corrected chi connectivity index (χ1v) is 24.7. The predicted octanol–water partition coefficient (Wildman–Crippen LogP) is 14.2. The summed E-state index contributed by atoms with van der Waals surface area (Å²) in [5.41, 5.74) is 19.5. The molecule has 0 aliphatic heterocycles. The van der Waals surface area contributed by atoms with Crippen LogP contribution in [0.3, 0.4) is 0 Å². The number of rotatable bonds is 4. The van der Waals surface area contributed by atoms with E-state index in [9.17, 15) is 0 Å². The SMILES string of the molecule is c1ccc(-c2nc(-c3ccc(C45CC6C[C@@H]7C[C@@H](C[C@@H]6C74)C5)cc3)nc(-c3ccc4c(c3)C3(c5ccccc5-c5ccccc53)c3ccccc3C43c4ccccc4-c4ccccc43)n2)cc1. The van der Waals surface area contributed by atoms with Crippen molar-refractivity contribution >= 4 is 0 Å². The molecule has 9 aromatic rings. The Kier molecular flexibility index (Phi) is 7.17. The zero-order valence-electron chi connectivity index (χ0n) is 37.2. The Balaban J connectivity index is 0.942. The first kappa shape index (κ1) is 36.9. The number of fused-ring (bicyclic) bond motifs is 16. The molecular formula is C64H47N3. The standard InChI is InChI=1S/C64H47N3/c1-2-14-39(15-3-1)59-65-60(40-26-29-44(30-27-40)62-36-38-32-42-34-43(37-62)49(33-38)58(42)62)67-61(66-59)41-28-31-56-57(35-41)64(52-22-10-6-18-47(52)48-19-7-11-23-53(48)64)55-25-13-12-24-54(55)63(56)50-20-8-4-16-45(50)46-17-5-9-21-51(46)63/h1-31,35,38,42-43,49,58H,32-34,36-37H2/t38-,42-,43?,49-,58?,62?/m0/s1. The lowest BCUT2D eigenvalue weighted by molar-refractivity contribution is 0.0209. The van der Waals surface area contributed by atoms with Crippen LogP contribution in [-0.2, 0) is 16.2 Å². The lowest BCUT2D eigenvalue weighted by atomic mass is 9.51. The average molecular weight is 858 g/mol. The van der Waals surface area contributed by atoms with E-state index in [0.29, 0.717) is 17.1 Å². The Morgan fingerprint density at radius 2 is 0.791 bits per heavy atom. The fourth-order valence-corrected chi connectivity index (χ4v) is 16.6. The van der Waals surface area contributed by atoms with Gasteiger partial charge in [-0.3, -0.25) is 0 Å². The number of aromatic nitrogens is 3. The van der Waals surface area contributed by atoms with Gasteiger partial charge >= 0.3 is 0 Å². The van der Waals surface area contributed by atoms with Gasteiger partial charge in [-0.15, -0.1) is 0 Å². The minimum Gasteiger partial charge on any atom is -0.208 e. The van der Waals surface area contributed by atoms with Gasteiger partial charge in [-0.05, 0) is 145 Å². The zero-order valence-corrected chi connectivity index (χ0v) is 37.2. The molecule has 0 radical (unpaired) electrons. The second-order valence-corrected chi connectivity index (χ2v) is 21.1. The van der Waals surface area contributed by atoms with E-state index in [1.807, 2.05) is 0 Å². The third-order valence-corrected chi connectivity index (χ3v) is 18.5. The van der Waals surface area contributed by atoms with Gasteiger partial charge in [0.2, 0.25) is 0 Å². The van der Waals surface area contributed by atoms with E-state index < -0.39 is 10.8 Å². The zero-order chi connectivity index (χ0) is 43.6. The molecule has 1 aromatic heterocycles. The molecule has 3 unspecified atom stereocenters. The third kappa shape index (κ3) is 4.52. The number of hydrogen-bond acceptors (Lipinski definition) is 3. The number of hydrogen-bond donors (Lipinski definition) is 0. The minimum absolute atomic E-state index is 0.365. The van der Waals surface area contributed by atoms with Gasteiger partial charge in [0.25, 0.3) is 0 Å². The van der Waals surface area contributed by atoms with Crippen LogP contribution in [-0.4, -0.2) is 15.0 Å². The van der Waals surface area contributed by atoms with Gasteiger partial charge < -0.3 is 0 Å². The van der Waals surface area contributed by atoms with Crippen molar-refractivity contribution in [2.24, 2.45) is 29.6 Å². The molecule has 6 bridgehead atoms. The van der Waals surface area contributed by atoms with Gasteiger partial charge in [-0.1, -0.05) is 188 Å². The smallest absolute Gasteiger partial charge is 0.164 e. The molecule has 0 N–H and O–H groups in total. The van der Waals surface area contributed by atoms with Gasteiger partial charge in [0, 0.05) is 16.7 Å². The number of nitrogens with zero attached hydrogens (tertiary/aromatic N) is 3. The van der Waals surface area contributed by atoms with Crippen LogP contribution >= 0.6 is 0 Å². The minimum atomic E-state index is -0.599. The van der Waals surface area contributed by atoms with E-state index in [0.717, 1.165) is 52.1 Å². The second-order valence-electron chi connectivity index (χ2n) is 21.1. The molecular weight excluding hydrogens is 811 g/mol. The lowest BCUT2D eigenvalue weighted by Crippen LogP contribution is -2.48. The lowest BCUT2D eigenvalue weighted by Gasteiger charge is -2.53. The highest BCUT2D eigenvalue weighted by Gasteiger charge is 2.67. The van der Waals surface area contributed by atoms with Crippen LogP contribution in [0.4, 0.5) is 0 Å². The fraction of sp³-hybridized carbons (Fsp3) is 0.203. The Labute approximate surface area is 391 Å². The van der Waals surface area contributed by atoms with Crippen LogP contribution in [0.15, 0.2) is 194 Å². The highest BCUT2D eigenvalue weighted by Crippen LogP contribution is 2.74. The van der Waals surface area contributed by atoms with Crippen LogP contribution in [0.2, 0.25) is 0 Å². The van der Waals surface area contributed by atoms with E-state index in [4.69, 9.17) is 15.0 Å². The number of benzene rings is 8. The maximum absolute atomic E-state index is 5.48. The van der Waals surface area contributed by atoms with E-state index in [2.05, 4.69) is 194 Å². The summed E-state index contributed by atoms with van der Waals surface area (Å²) in [6.45, 7) is 0. The van der Waals surface area contributed by atoms with Gasteiger partial charge in [-0.2, -0.15) is 0 Å². The molecule has 1 heterocycles. The van der Waals surface area contributed by atoms with Gasteiger partial charge in [-0.25, -0.2) is 15.0 Å². The summed E-state index contributed by atoms with van der Waals surface area (Å²) < 4.78 is 0. The van der Waals surface area contributed by atoms with Crippen molar-refractivity contribution < 1.29 is 0 Å². The van der Waals surface area contributed by atoms with Crippen LogP contribution in [0.25, 0.3) is 56.4 Å². The van der Waals surface area contributed by atoms with Crippen LogP contribution in [0.1, 0.15) is 82.2 Å². The summed E-state index contributed by atoms with van der Waals surface area (Å²) in [6, 6.07) is 73.0. The molecule has 0 saturated heterocycles. The quantitative estimate of drug-likeness (QED) is 0.177. The van der Waals surface area contributed by atoms with E-state index in [1.54, 1.807) is 5.56 Å². The van der Waals surface area contributed by atoms with E-state index >= 15 is 0 Å². The molecule has 17 rings (SSSR count). The van der Waals surface area contributed by atoms with Crippen LogP contribution in [0, 0.1) is 29.6 Å². The molecule has 2 spiro atoms. The van der Waals surface area contributed by atoms with Gasteiger partial charge in [0.1, 0.15) is 0 Å². The average Bonchev–Trinajstić information content (AvgIpc) is 4.03. The Morgan fingerprint density at radius 3 is 1.34 bits per heavy atom. The molecule has 8 aliphatic rings. The molecule has 6 atom stereocenters. The molecule has 3 nitrogen and oxygen atoms in total. The summed E-state index contributed by atoms with van der Waals surface area (Å²) in [5, 5.41) is 0. The molecule has 8 aromatic carbocycles. The molecule has 5 fully saturated rings. The monoisotopic (exact) mass is 857 g/mol. The van der Waals surface area contributed by atoms with Crippen molar-refractivity contribution in [3.05, 3.63) is 244 Å². The summed E-state index contributed by atoms with van der Waals surface area (Å²) in [6.07, 6.45) is 7.22. The third-order valence-electron chi connectivity index (χ3n) is 18.5. The second kappa shape index (κ2) is 13.0. The van der Waals surface area contributed by atoms with Gasteiger partial charge in [0.15, 0.2) is 17.5 Å². The highest BCUT2D eigenvalue weighted by atomic mass is 15.0. The molecule has 8 aliphatic carbocycles. The Bertz CT molecular complexity index is 3470. The van der Waals surface area contributed by atoms with Crippen molar-refractivity contribution in [3.8, 4) is 56.4 Å². The maximum atomic E-state index is 5.48. The Morgan fingerprint density at radius 1 is 0.343 bits per heavy atom. The first-order chi connectivity index (χ1) is 33.1. The summed E-state index contributed by atoms with van der Waals surface area (Å²) in [5.74, 6) is 6.72. The van der Waals surface area contributed by atoms with E-state index in [1.165, 1.54) is 98.9 Å². The summed E-state index contributed by atoms with van der Waals surface area (Å²) in [4.78, 5) is 16.2. The summed E-state index contributed by atoms with van der Waals surface area (Å²) >= 11 is 0. The maximum Gasteiger partial charge on any atom is 0.164 e. The van der Waals surface area contributed by atoms with Crippen LogP contribution in [0.5, 0.6) is 0 Å². The van der Waals surface area contributed by atoms with Crippen molar-refractivity contribution in [2.45, 2.75) is 48.3 Å². The molecule has 67 heavy (non-hydrogen) atoms. The molecule has 0 amide bonds. The molecule has 318 valence electrons. The van der Waals surface area contributed by atoms with E-state index in [-0.39, 0.29) is 0 Å². The molecule has 3 heteroatoms. The topological polar surface area (TPSA) is 38.7 Å². The van der Waals surface area contributed by atoms with Crippen molar-refractivity contribution in [1.82, 2.24) is 15.0 Å². The van der Waals surface area contributed by atoms with Gasteiger partial charge in [0.05, 0.1) is 10.8 Å². The fourth-order valence-electron chi connectivity index (χ4n) is 16.6. The van der Waals surface area contributed by atoms with Crippen LogP contribution < -0.4 is 0 Å². The van der Waals surface area contributed by atoms with Crippen molar-refractivity contribution in [2.75, 3.05) is 0 Å². The molecule has 5 saturated carbocycles. The first-order valence-electron chi connectivity index (χ1n) is 24.7.